The molecule has 2 heterocycles. The number of piperidine rings is 1. The molecule has 1 saturated heterocycles. The van der Waals surface area contributed by atoms with Crippen LogP contribution in [0.5, 0.6) is 0 Å². The average Bonchev–Trinajstić information content (AvgIpc) is 3.09. The van der Waals surface area contributed by atoms with E-state index in [0.717, 1.165) is 38.5 Å². The first-order valence-electron chi connectivity index (χ1n) is 11.9. The molecule has 1 aliphatic heterocycles. The summed E-state index contributed by atoms with van der Waals surface area (Å²) in [5.41, 5.74) is 2.83. The number of pyridine rings is 1. The maximum Gasteiger partial charge on any atom is 0.229 e. The van der Waals surface area contributed by atoms with E-state index in [0.29, 0.717) is 30.0 Å². The molecule has 0 aromatic carbocycles. The van der Waals surface area contributed by atoms with Crippen LogP contribution in [-0.4, -0.2) is 28.7 Å². The molecule has 4 aliphatic rings. The van der Waals surface area contributed by atoms with Crippen LogP contribution in [0, 0.1) is 34.5 Å². The molecule has 2 saturated carbocycles. The summed E-state index contributed by atoms with van der Waals surface area (Å²) in [6.45, 7) is 7.02. The summed E-state index contributed by atoms with van der Waals surface area (Å²) in [5, 5.41) is 3.08. The van der Waals surface area contributed by atoms with Crippen molar-refractivity contribution in [3.63, 3.8) is 0 Å². The maximum absolute atomic E-state index is 13.3. The molecule has 3 aliphatic carbocycles. The maximum atomic E-state index is 13.3. The van der Waals surface area contributed by atoms with Crippen molar-refractivity contribution < 1.29 is 9.59 Å². The van der Waals surface area contributed by atoms with E-state index < -0.39 is 0 Å². The molecule has 0 spiro atoms. The van der Waals surface area contributed by atoms with E-state index in [-0.39, 0.29) is 28.6 Å². The van der Waals surface area contributed by atoms with Crippen LogP contribution in [-0.2, 0) is 9.59 Å². The summed E-state index contributed by atoms with van der Waals surface area (Å²) >= 11 is 0. The van der Waals surface area contributed by atoms with Crippen molar-refractivity contribution >= 4 is 17.6 Å². The first-order valence-corrected chi connectivity index (χ1v) is 11.9. The minimum Gasteiger partial charge on any atom is -0.319 e. The molecule has 5 rings (SSSR count). The van der Waals surface area contributed by atoms with Crippen LogP contribution in [0.2, 0.25) is 0 Å². The lowest BCUT2D eigenvalue weighted by Crippen LogP contribution is -2.54. The largest absolute Gasteiger partial charge is 0.319 e. The lowest BCUT2D eigenvalue weighted by atomic mass is 9.48. The highest BCUT2D eigenvalue weighted by Crippen LogP contribution is 2.66. The molecule has 0 unspecified atom stereocenters. The van der Waals surface area contributed by atoms with Crippen molar-refractivity contribution in [1.82, 2.24) is 9.88 Å². The molecule has 1 aromatic heterocycles. The van der Waals surface area contributed by atoms with Crippen molar-refractivity contribution in [3.8, 4) is 0 Å². The van der Waals surface area contributed by atoms with Gasteiger partial charge in [-0.05, 0) is 80.8 Å². The van der Waals surface area contributed by atoms with Crippen molar-refractivity contribution in [2.45, 2.75) is 65.7 Å². The number of fused-ring (bicyclic) bond motifs is 5. The van der Waals surface area contributed by atoms with Gasteiger partial charge in [0.25, 0.3) is 0 Å². The number of hydrogen-bond donors (Lipinski definition) is 1. The van der Waals surface area contributed by atoms with Gasteiger partial charge in [-0.3, -0.25) is 9.59 Å². The first-order chi connectivity index (χ1) is 14.8. The molecule has 2 amide bonds. The van der Waals surface area contributed by atoms with E-state index >= 15 is 0 Å². The Morgan fingerprint density at radius 3 is 2.71 bits per heavy atom. The molecule has 5 nitrogen and oxygen atoms in total. The number of amides is 2. The van der Waals surface area contributed by atoms with E-state index in [4.69, 9.17) is 0 Å². The lowest BCUT2D eigenvalue weighted by molar-refractivity contribution is -0.137. The van der Waals surface area contributed by atoms with Gasteiger partial charge in [-0.15, -0.1) is 0 Å². The highest BCUT2D eigenvalue weighted by atomic mass is 16.2. The average molecular weight is 422 g/mol. The zero-order chi connectivity index (χ0) is 22.0. The van der Waals surface area contributed by atoms with Gasteiger partial charge in [0.1, 0.15) is 5.82 Å². The molecule has 1 N–H and O–H groups in total. The Morgan fingerprint density at radius 1 is 1.16 bits per heavy atom. The number of hydrogen-bond acceptors (Lipinski definition) is 3. The highest BCUT2D eigenvalue weighted by Gasteiger charge is 2.61. The molecular weight excluding hydrogens is 386 g/mol. The van der Waals surface area contributed by atoms with Crippen LogP contribution in [0.3, 0.4) is 0 Å². The Bertz CT molecular complexity index is 941. The zero-order valence-electron chi connectivity index (χ0n) is 19.3. The van der Waals surface area contributed by atoms with Gasteiger partial charge in [0.05, 0.1) is 0 Å². The van der Waals surface area contributed by atoms with Crippen molar-refractivity contribution in [3.05, 3.63) is 35.7 Å². The number of anilines is 1. The van der Waals surface area contributed by atoms with Gasteiger partial charge in [-0.1, -0.05) is 25.5 Å². The van der Waals surface area contributed by atoms with Crippen molar-refractivity contribution in [1.29, 1.82) is 0 Å². The molecule has 166 valence electrons. The molecular formula is C26H35N3O2. The van der Waals surface area contributed by atoms with E-state index in [2.05, 4.69) is 31.1 Å². The topological polar surface area (TPSA) is 62.3 Å². The minimum atomic E-state index is 0.0462. The number of likely N-dealkylation sites (tertiary alicyclic amines) is 1. The van der Waals surface area contributed by atoms with Gasteiger partial charge in [0, 0.05) is 36.7 Å². The number of nitrogens with one attached hydrogen (secondary N) is 1. The molecule has 5 heteroatoms. The van der Waals surface area contributed by atoms with Gasteiger partial charge in [-0.2, -0.15) is 0 Å². The summed E-state index contributed by atoms with van der Waals surface area (Å²) < 4.78 is 0. The zero-order valence-corrected chi connectivity index (χ0v) is 19.3. The third-order valence-corrected chi connectivity index (χ3v) is 9.54. The van der Waals surface area contributed by atoms with Gasteiger partial charge in [0.15, 0.2) is 0 Å². The predicted octanol–water partition coefficient (Wildman–Crippen LogP) is 5.02. The fraction of sp³-hybridized carbons (Fsp3) is 0.654. The highest BCUT2D eigenvalue weighted by molar-refractivity contribution is 5.92. The summed E-state index contributed by atoms with van der Waals surface area (Å²) in [6, 6.07) is 5.64. The van der Waals surface area contributed by atoms with Gasteiger partial charge < -0.3 is 10.2 Å². The lowest BCUT2D eigenvalue weighted by Gasteiger charge is -2.59. The quantitative estimate of drug-likeness (QED) is 0.730. The third kappa shape index (κ3) is 2.99. The monoisotopic (exact) mass is 421 g/mol. The second-order valence-corrected chi connectivity index (χ2v) is 11.0. The Kier molecular flexibility index (Phi) is 4.80. The van der Waals surface area contributed by atoms with Crippen molar-refractivity contribution in [2.75, 3.05) is 12.4 Å². The molecule has 0 radical (unpaired) electrons. The molecule has 0 bridgehead atoms. The summed E-state index contributed by atoms with van der Waals surface area (Å²) in [5.74, 6) is 2.89. The fourth-order valence-electron chi connectivity index (χ4n) is 8.19. The van der Waals surface area contributed by atoms with Gasteiger partial charge >= 0.3 is 0 Å². The van der Waals surface area contributed by atoms with E-state index in [1.54, 1.807) is 6.20 Å². The first kappa shape index (κ1) is 20.7. The number of nitrogens with zero attached hydrogens (tertiary/aromatic N) is 2. The van der Waals surface area contributed by atoms with Gasteiger partial charge in [-0.25, -0.2) is 4.98 Å². The molecule has 1 aromatic rings. The number of aromatic nitrogens is 1. The standard InChI is InChI=1S/C26H35N3O2/c1-16-15-17-18-8-9-20(24(31)28-21-7-5-6-14-27-21)25(18,2)12-10-19(17)26(3)13-11-22(30)29(4)23(16)26/h5-7,14,17-20H,8-13,15H2,1-4H3,(H,27,28,31)/t17-,18-,19-,20+,25-,26+/m0/s1. The predicted molar refractivity (Wildman–Crippen MR) is 121 cm³/mol. The fourth-order valence-corrected chi connectivity index (χ4v) is 8.19. The number of rotatable bonds is 2. The Morgan fingerprint density at radius 2 is 1.97 bits per heavy atom. The minimum absolute atomic E-state index is 0.0462. The van der Waals surface area contributed by atoms with Crippen LogP contribution in [0.4, 0.5) is 5.82 Å². The number of carbonyl (C=O) groups is 2. The van der Waals surface area contributed by atoms with E-state index in [9.17, 15) is 9.59 Å². The second kappa shape index (κ2) is 7.18. The summed E-state index contributed by atoms with van der Waals surface area (Å²) in [6.07, 6.45) is 8.77. The number of allylic oxidation sites excluding steroid dienone is 2. The van der Waals surface area contributed by atoms with Crippen LogP contribution in [0.1, 0.15) is 65.7 Å². The number of carbonyl (C=O) groups excluding carboxylic acids is 2. The normalized spacial score (nSPS) is 39.6. The van der Waals surface area contributed by atoms with Crippen LogP contribution < -0.4 is 5.32 Å². The molecule has 6 atom stereocenters. The second-order valence-electron chi connectivity index (χ2n) is 11.0. The Balaban J connectivity index is 1.43. The smallest absolute Gasteiger partial charge is 0.229 e. The third-order valence-electron chi connectivity index (χ3n) is 9.54. The summed E-state index contributed by atoms with van der Waals surface area (Å²) in [4.78, 5) is 32.0. The van der Waals surface area contributed by atoms with Gasteiger partial charge in [0.2, 0.25) is 11.8 Å². The molecule has 31 heavy (non-hydrogen) atoms. The van der Waals surface area contributed by atoms with Crippen LogP contribution >= 0.6 is 0 Å². The Hall–Kier alpha value is -2.17. The SMILES string of the molecule is CC1=C2N(C)C(=O)CC[C@]2(C)[C@H]2CC[C@]3(C)[C@@H](C(=O)Nc4ccccn4)CC[C@H]3[C@@H]2C1. The van der Waals surface area contributed by atoms with E-state index in [1.165, 1.54) is 11.3 Å². The Labute approximate surface area is 185 Å². The van der Waals surface area contributed by atoms with Crippen molar-refractivity contribution in [2.24, 2.45) is 34.5 Å². The molecule has 3 fully saturated rings. The van der Waals surface area contributed by atoms with E-state index in [1.807, 2.05) is 30.1 Å². The summed E-state index contributed by atoms with van der Waals surface area (Å²) in [7, 11) is 1.97. The van der Waals surface area contributed by atoms with Crippen LogP contribution in [0.25, 0.3) is 0 Å². The van der Waals surface area contributed by atoms with Crippen LogP contribution in [0.15, 0.2) is 35.7 Å².